The first-order valence-electron chi connectivity index (χ1n) is 5.23. The molecule has 0 aromatic heterocycles. The molecular weight excluding hydrogens is 213 g/mol. The van der Waals surface area contributed by atoms with E-state index in [1.165, 1.54) is 0 Å². The molecule has 0 amide bonds. The summed E-state index contributed by atoms with van der Waals surface area (Å²) in [6.07, 6.45) is -0.118. The van der Waals surface area contributed by atoms with Crippen LogP contribution in [0.5, 0.6) is 0 Å². The number of hydrogen-bond donors (Lipinski definition) is 1. The minimum absolute atomic E-state index is 0.00417. The summed E-state index contributed by atoms with van der Waals surface area (Å²) in [5.74, 6) is 0.323. The van der Waals surface area contributed by atoms with E-state index >= 15 is 0 Å². The third kappa shape index (κ3) is 1.96. The van der Waals surface area contributed by atoms with Crippen molar-refractivity contribution in [3.63, 3.8) is 0 Å². The van der Waals surface area contributed by atoms with Crippen LogP contribution in [0.2, 0.25) is 5.02 Å². The first-order valence-corrected chi connectivity index (χ1v) is 5.61. The first kappa shape index (κ1) is 10.7. The number of benzene rings is 1. The van der Waals surface area contributed by atoms with Gasteiger partial charge in [-0.15, -0.1) is 0 Å². The quantitative estimate of drug-likeness (QED) is 0.763. The average molecular weight is 228 g/mol. The molecule has 82 valence electrons. The normalized spacial score (nSPS) is 24.6. The molecule has 2 atom stereocenters. The third-order valence-corrected chi connectivity index (χ3v) is 3.20. The lowest BCUT2D eigenvalue weighted by Crippen LogP contribution is -1.99. The summed E-state index contributed by atoms with van der Waals surface area (Å²) in [6.45, 7) is 4.15. The molecule has 1 aliphatic rings. The first-order chi connectivity index (χ1) is 7.00. The lowest BCUT2D eigenvalue weighted by atomic mass is 9.93. The zero-order valence-corrected chi connectivity index (χ0v) is 9.68. The van der Waals surface area contributed by atoms with E-state index in [9.17, 15) is 4.39 Å². The molecule has 0 radical (unpaired) electrons. The summed E-state index contributed by atoms with van der Waals surface area (Å²) in [7, 11) is 0. The molecule has 1 aromatic rings. The van der Waals surface area contributed by atoms with Crippen molar-refractivity contribution >= 4 is 17.3 Å². The summed E-state index contributed by atoms with van der Waals surface area (Å²) in [6, 6.07) is 3.63. The van der Waals surface area contributed by atoms with Crippen molar-refractivity contribution in [3.05, 3.63) is 28.3 Å². The maximum atomic E-state index is 13.1. The lowest BCUT2D eigenvalue weighted by Gasteiger charge is -2.15. The summed E-state index contributed by atoms with van der Waals surface area (Å²) in [5, 5.41) is 0.615. The highest BCUT2D eigenvalue weighted by molar-refractivity contribution is 6.31. The fourth-order valence-corrected chi connectivity index (χ4v) is 2.37. The van der Waals surface area contributed by atoms with Crippen LogP contribution >= 0.6 is 11.6 Å². The number of halogens is 2. The fourth-order valence-electron chi connectivity index (χ4n) is 1.99. The number of anilines is 1. The zero-order chi connectivity index (χ0) is 11.2. The van der Waals surface area contributed by atoms with Crippen molar-refractivity contribution in [2.24, 2.45) is 0 Å². The topological polar surface area (TPSA) is 26.0 Å². The Kier molecular flexibility index (Phi) is 2.63. The van der Waals surface area contributed by atoms with Crippen molar-refractivity contribution in [1.82, 2.24) is 0 Å². The van der Waals surface area contributed by atoms with Gasteiger partial charge in [0.25, 0.3) is 0 Å². The van der Waals surface area contributed by atoms with Crippen molar-refractivity contribution in [1.29, 1.82) is 0 Å². The van der Waals surface area contributed by atoms with Crippen LogP contribution in [-0.2, 0) is 0 Å². The average Bonchev–Trinajstić information content (AvgIpc) is 2.80. The van der Waals surface area contributed by atoms with Crippen LogP contribution in [0.1, 0.15) is 43.2 Å². The maximum Gasteiger partial charge on any atom is 0.108 e. The van der Waals surface area contributed by atoms with Crippen molar-refractivity contribution in [2.45, 2.75) is 38.3 Å². The van der Waals surface area contributed by atoms with Crippen molar-refractivity contribution in [3.8, 4) is 0 Å². The molecule has 0 heterocycles. The van der Waals surface area contributed by atoms with Gasteiger partial charge < -0.3 is 5.73 Å². The Labute approximate surface area is 94.4 Å². The van der Waals surface area contributed by atoms with Crippen LogP contribution in [-0.4, -0.2) is 6.17 Å². The summed E-state index contributed by atoms with van der Waals surface area (Å²) in [5.41, 5.74) is 8.45. The predicted octanol–water partition coefficient (Wildman–Crippen LogP) is 3.87. The Morgan fingerprint density at radius 1 is 1.47 bits per heavy atom. The minimum atomic E-state index is -0.719. The van der Waals surface area contributed by atoms with Gasteiger partial charge in [0.2, 0.25) is 0 Å². The van der Waals surface area contributed by atoms with Gasteiger partial charge in [-0.25, -0.2) is 4.39 Å². The van der Waals surface area contributed by atoms with Crippen LogP contribution < -0.4 is 5.73 Å². The monoisotopic (exact) mass is 227 g/mol. The number of nitrogens with two attached hydrogens (primary N) is 1. The summed E-state index contributed by atoms with van der Waals surface area (Å²) >= 11 is 6.13. The van der Waals surface area contributed by atoms with E-state index in [1.807, 2.05) is 6.07 Å². The van der Waals surface area contributed by atoms with Gasteiger partial charge in [0, 0.05) is 16.6 Å². The van der Waals surface area contributed by atoms with Gasteiger partial charge in [0.15, 0.2) is 0 Å². The molecule has 1 aromatic carbocycles. The highest BCUT2D eigenvalue weighted by Gasteiger charge is 2.41. The van der Waals surface area contributed by atoms with E-state index in [0.717, 1.165) is 11.1 Å². The van der Waals surface area contributed by atoms with E-state index < -0.39 is 6.17 Å². The number of nitrogen functional groups attached to an aromatic ring is 1. The molecule has 1 saturated carbocycles. The second-order valence-electron chi connectivity index (χ2n) is 4.52. The lowest BCUT2D eigenvalue weighted by molar-refractivity contribution is 0.467. The molecule has 1 fully saturated rings. The van der Waals surface area contributed by atoms with E-state index in [4.69, 9.17) is 17.3 Å². The SMILES string of the molecule is CC(C)c1cc(N)cc(Cl)c1C1CC1F. The maximum absolute atomic E-state index is 13.1. The highest BCUT2D eigenvalue weighted by atomic mass is 35.5. The van der Waals surface area contributed by atoms with Gasteiger partial charge in [-0.1, -0.05) is 25.4 Å². The van der Waals surface area contributed by atoms with E-state index in [1.54, 1.807) is 6.07 Å². The third-order valence-electron chi connectivity index (χ3n) is 2.89. The molecule has 0 saturated heterocycles. The Hall–Kier alpha value is -0.760. The Balaban J connectivity index is 2.50. The largest absolute Gasteiger partial charge is 0.399 e. The van der Waals surface area contributed by atoms with Gasteiger partial charge >= 0.3 is 0 Å². The fraction of sp³-hybridized carbons (Fsp3) is 0.500. The molecule has 1 aliphatic carbocycles. The van der Waals surface area contributed by atoms with E-state index in [-0.39, 0.29) is 5.92 Å². The van der Waals surface area contributed by atoms with Gasteiger partial charge in [-0.2, -0.15) is 0 Å². The molecule has 0 bridgehead atoms. The Bertz CT molecular complexity index is 389. The van der Waals surface area contributed by atoms with Crippen molar-refractivity contribution < 1.29 is 4.39 Å². The van der Waals surface area contributed by atoms with Gasteiger partial charge in [-0.05, 0) is 35.6 Å². The number of hydrogen-bond acceptors (Lipinski definition) is 1. The van der Waals surface area contributed by atoms with Crippen LogP contribution in [0.25, 0.3) is 0 Å². The Morgan fingerprint density at radius 2 is 2.07 bits per heavy atom. The summed E-state index contributed by atoms with van der Waals surface area (Å²) < 4.78 is 13.1. The van der Waals surface area contributed by atoms with Crippen LogP contribution in [0.15, 0.2) is 12.1 Å². The van der Waals surface area contributed by atoms with Crippen LogP contribution in [0.4, 0.5) is 10.1 Å². The molecular formula is C12H15ClFN. The number of alkyl halides is 1. The predicted molar refractivity (Wildman–Crippen MR) is 62.2 cm³/mol. The van der Waals surface area contributed by atoms with Gasteiger partial charge in [0.1, 0.15) is 6.17 Å². The molecule has 2 unspecified atom stereocenters. The van der Waals surface area contributed by atoms with Gasteiger partial charge in [-0.3, -0.25) is 0 Å². The number of rotatable bonds is 2. The van der Waals surface area contributed by atoms with Gasteiger partial charge in [0.05, 0.1) is 0 Å². The molecule has 2 N–H and O–H groups in total. The van der Waals surface area contributed by atoms with E-state index in [0.29, 0.717) is 23.0 Å². The molecule has 3 heteroatoms. The standard InChI is InChI=1S/C12H15ClFN/c1-6(2)8-3-7(15)4-10(13)12(8)9-5-11(9)14/h3-4,6,9,11H,5,15H2,1-2H3. The smallest absolute Gasteiger partial charge is 0.108 e. The highest BCUT2D eigenvalue weighted by Crippen LogP contribution is 2.49. The second-order valence-corrected chi connectivity index (χ2v) is 4.93. The second kappa shape index (κ2) is 3.67. The summed E-state index contributed by atoms with van der Waals surface area (Å²) in [4.78, 5) is 0. The van der Waals surface area contributed by atoms with E-state index in [2.05, 4.69) is 13.8 Å². The zero-order valence-electron chi connectivity index (χ0n) is 8.93. The van der Waals surface area contributed by atoms with Crippen molar-refractivity contribution in [2.75, 3.05) is 5.73 Å². The minimum Gasteiger partial charge on any atom is -0.399 e. The molecule has 1 nitrogen and oxygen atoms in total. The molecule has 0 aliphatic heterocycles. The Morgan fingerprint density at radius 3 is 2.53 bits per heavy atom. The molecule has 15 heavy (non-hydrogen) atoms. The van der Waals surface area contributed by atoms with Crippen LogP contribution in [0.3, 0.4) is 0 Å². The molecule has 0 spiro atoms. The molecule has 2 rings (SSSR count). The van der Waals surface area contributed by atoms with Crippen LogP contribution in [0, 0.1) is 0 Å².